The Morgan fingerprint density at radius 2 is 1.83 bits per heavy atom. The Morgan fingerprint density at radius 3 is 2.47 bits per heavy atom. The van der Waals surface area contributed by atoms with Crippen molar-refractivity contribution in [3.05, 3.63) is 48.2 Å². The maximum Gasteiger partial charge on any atom is 0.330 e. The molecule has 1 saturated heterocycles. The summed E-state index contributed by atoms with van der Waals surface area (Å²) >= 11 is 0. The Balaban J connectivity index is 1.87. The summed E-state index contributed by atoms with van der Waals surface area (Å²) in [6.07, 6.45) is 2.21. The second-order valence-electron chi connectivity index (χ2n) is 7.22. The van der Waals surface area contributed by atoms with Gasteiger partial charge in [0, 0.05) is 31.1 Å². The molecule has 1 aliphatic rings. The Morgan fingerprint density at radius 1 is 1.17 bits per heavy atom. The number of hydrogen-bond acceptors (Lipinski definition) is 6. The molecule has 0 unspecified atom stereocenters. The van der Waals surface area contributed by atoms with Crippen LogP contribution in [0.1, 0.15) is 19.5 Å². The van der Waals surface area contributed by atoms with Gasteiger partial charge in [0.15, 0.2) is 15.7 Å². The number of benzene rings is 1. The van der Waals surface area contributed by atoms with Gasteiger partial charge in [-0.1, -0.05) is 12.1 Å². The molecule has 3 rings (SSSR count). The number of urea groups is 1. The minimum Gasteiger partial charge on any atom is -0.314 e. The van der Waals surface area contributed by atoms with Crippen molar-refractivity contribution < 1.29 is 13.2 Å². The number of sulfone groups is 1. The van der Waals surface area contributed by atoms with Gasteiger partial charge in [0.1, 0.15) is 11.5 Å². The molecule has 9 nitrogen and oxygen atoms in total. The van der Waals surface area contributed by atoms with Crippen molar-refractivity contribution in [3.63, 3.8) is 0 Å². The van der Waals surface area contributed by atoms with Crippen molar-refractivity contribution in [1.29, 1.82) is 10.8 Å². The molecule has 1 fully saturated rings. The molecule has 0 bridgehead atoms. The Bertz CT molecular complexity index is 1100. The van der Waals surface area contributed by atoms with Gasteiger partial charge in [0.25, 0.3) is 0 Å². The van der Waals surface area contributed by atoms with Crippen LogP contribution in [0.2, 0.25) is 0 Å². The van der Waals surface area contributed by atoms with Gasteiger partial charge in [-0.05, 0) is 44.2 Å². The van der Waals surface area contributed by atoms with E-state index in [1.165, 1.54) is 26.8 Å². The summed E-state index contributed by atoms with van der Waals surface area (Å²) in [5, 5.41) is 15.9. The van der Waals surface area contributed by atoms with Crippen LogP contribution in [0.5, 0.6) is 0 Å². The smallest absolute Gasteiger partial charge is 0.314 e. The molecule has 1 aliphatic heterocycles. The van der Waals surface area contributed by atoms with Crippen LogP contribution in [0.4, 0.5) is 16.3 Å². The number of amides is 2. The highest BCUT2D eigenvalue weighted by Gasteiger charge is 2.32. The van der Waals surface area contributed by atoms with E-state index >= 15 is 0 Å². The fourth-order valence-electron chi connectivity index (χ4n) is 3.18. The molecule has 0 atom stereocenters. The van der Waals surface area contributed by atoms with Gasteiger partial charge in [-0.25, -0.2) is 18.2 Å². The van der Waals surface area contributed by atoms with Crippen molar-refractivity contribution in [3.8, 4) is 0 Å². The van der Waals surface area contributed by atoms with Crippen molar-refractivity contribution >= 4 is 39.5 Å². The standard InChI is InChI=1S/C20H24N6O3S/c1-14(2)26(13-21)19(22)17-8-5-9-18(23-17)25-11-10-24(20(25)27)15-6-4-7-16(12-15)30(3,28)29/h4-9,12-14,21-22H,10-11H2,1-3H3. The summed E-state index contributed by atoms with van der Waals surface area (Å²) in [5.41, 5.74) is 0.860. The van der Waals surface area contributed by atoms with Crippen LogP contribution in [0.15, 0.2) is 47.4 Å². The molecule has 10 heteroatoms. The predicted molar refractivity (Wildman–Crippen MR) is 116 cm³/mol. The lowest BCUT2D eigenvalue weighted by molar-refractivity contribution is 0.255. The second kappa shape index (κ2) is 8.23. The van der Waals surface area contributed by atoms with Gasteiger partial charge < -0.3 is 4.90 Å². The van der Waals surface area contributed by atoms with E-state index in [2.05, 4.69) is 4.98 Å². The summed E-state index contributed by atoms with van der Waals surface area (Å²) in [4.78, 5) is 22.1. The topological polar surface area (TPSA) is 122 Å². The average molecular weight is 429 g/mol. The lowest BCUT2D eigenvalue weighted by Crippen LogP contribution is -2.36. The van der Waals surface area contributed by atoms with Crippen LogP contribution in [0, 0.1) is 10.8 Å². The number of amidine groups is 1. The van der Waals surface area contributed by atoms with Crippen LogP contribution in [-0.4, -0.2) is 61.9 Å². The molecule has 2 aromatic rings. The van der Waals surface area contributed by atoms with Crippen molar-refractivity contribution in [2.24, 2.45) is 0 Å². The Labute approximate surface area is 175 Å². The monoisotopic (exact) mass is 428 g/mol. The third-order valence-corrected chi connectivity index (χ3v) is 5.88. The summed E-state index contributed by atoms with van der Waals surface area (Å²) in [5.74, 6) is 0.476. The van der Waals surface area contributed by atoms with E-state index in [4.69, 9.17) is 10.8 Å². The van der Waals surface area contributed by atoms with Gasteiger partial charge >= 0.3 is 6.03 Å². The summed E-state index contributed by atoms with van der Waals surface area (Å²) in [6, 6.07) is 11.0. The first-order valence-corrected chi connectivity index (χ1v) is 11.3. The number of carbonyl (C=O) groups excluding carboxylic acids is 1. The third kappa shape index (κ3) is 4.18. The maximum atomic E-state index is 13.0. The highest BCUT2D eigenvalue weighted by atomic mass is 32.2. The number of hydrogen-bond donors (Lipinski definition) is 2. The Kier molecular flexibility index (Phi) is 5.88. The number of anilines is 2. The average Bonchev–Trinajstić information content (AvgIpc) is 3.09. The van der Waals surface area contributed by atoms with E-state index in [-0.39, 0.29) is 22.8 Å². The lowest BCUT2D eigenvalue weighted by atomic mass is 10.2. The van der Waals surface area contributed by atoms with E-state index in [0.717, 1.165) is 12.6 Å². The zero-order valence-corrected chi connectivity index (χ0v) is 17.8. The predicted octanol–water partition coefficient (Wildman–Crippen LogP) is 2.57. The minimum atomic E-state index is -3.38. The fourth-order valence-corrected chi connectivity index (χ4v) is 3.84. The summed E-state index contributed by atoms with van der Waals surface area (Å²) in [6.45, 7) is 4.50. The second-order valence-corrected chi connectivity index (χ2v) is 9.23. The number of aromatic nitrogens is 1. The lowest BCUT2D eigenvalue weighted by Gasteiger charge is -2.24. The van der Waals surface area contributed by atoms with Gasteiger partial charge in [0.05, 0.1) is 11.2 Å². The number of pyridine rings is 1. The van der Waals surface area contributed by atoms with Crippen molar-refractivity contribution in [1.82, 2.24) is 9.88 Å². The molecule has 2 amide bonds. The quantitative estimate of drug-likeness (QED) is 0.541. The molecule has 30 heavy (non-hydrogen) atoms. The molecular weight excluding hydrogens is 404 g/mol. The van der Waals surface area contributed by atoms with Crippen molar-refractivity contribution in [2.75, 3.05) is 29.1 Å². The summed E-state index contributed by atoms with van der Waals surface area (Å²) < 4.78 is 23.7. The van der Waals surface area contributed by atoms with Gasteiger partial charge in [0.2, 0.25) is 0 Å². The summed E-state index contributed by atoms with van der Waals surface area (Å²) in [7, 11) is -3.38. The van der Waals surface area contributed by atoms with E-state index < -0.39 is 9.84 Å². The molecule has 0 spiro atoms. The van der Waals surface area contributed by atoms with Crippen LogP contribution in [-0.2, 0) is 9.84 Å². The van der Waals surface area contributed by atoms with Gasteiger partial charge in [-0.2, -0.15) is 0 Å². The maximum absolute atomic E-state index is 13.0. The van der Waals surface area contributed by atoms with Gasteiger partial charge in [-0.3, -0.25) is 20.6 Å². The van der Waals surface area contributed by atoms with E-state index in [1.54, 1.807) is 30.3 Å². The first-order valence-electron chi connectivity index (χ1n) is 9.37. The molecule has 2 heterocycles. The van der Waals surface area contributed by atoms with E-state index in [9.17, 15) is 13.2 Å². The van der Waals surface area contributed by atoms with Crippen LogP contribution in [0.25, 0.3) is 0 Å². The molecule has 0 aliphatic carbocycles. The Hall–Kier alpha value is -3.27. The highest BCUT2D eigenvalue weighted by molar-refractivity contribution is 7.90. The number of nitrogens with zero attached hydrogens (tertiary/aromatic N) is 4. The number of rotatable bonds is 6. The zero-order chi connectivity index (χ0) is 22.1. The molecule has 0 radical (unpaired) electrons. The van der Waals surface area contributed by atoms with Crippen molar-refractivity contribution in [2.45, 2.75) is 24.8 Å². The fraction of sp³-hybridized carbons (Fsp3) is 0.300. The molecule has 158 valence electrons. The molecule has 0 saturated carbocycles. The first-order chi connectivity index (χ1) is 14.1. The highest BCUT2D eigenvalue weighted by Crippen LogP contribution is 2.26. The van der Waals surface area contributed by atoms with E-state index in [0.29, 0.717) is 30.3 Å². The van der Waals surface area contributed by atoms with Gasteiger partial charge in [-0.15, -0.1) is 0 Å². The minimum absolute atomic E-state index is 0.0752. The molecule has 1 aromatic heterocycles. The number of carbonyl (C=O) groups is 1. The molecular formula is C20H24N6O3S. The van der Waals surface area contributed by atoms with Crippen LogP contribution < -0.4 is 9.80 Å². The molecule has 2 N–H and O–H groups in total. The largest absolute Gasteiger partial charge is 0.330 e. The zero-order valence-electron chi connectivity index (χ0n) is 17.0. The van der Waals surface area contributed by atoms with Crippen LogP contribution in [0.3, 0.4) is 0 Å². The third-order valence-electron chi connectivity index (χ3n) is 4.77. The van der Waals surface area contributed by atoms with Crippen LogP contribution >= 0.6 is 0 Å². The number of nitrogens with one attached hydrogen (secondary N) is 2. The molecule has 1 aromatic carbocycles. The SMILES string of the molecule is CC(C)N(C=N)C(=N)c1cccc(N2CCN(c3cccc(S(C)(=O)=O)c3)C2=O)n1. The first kappa shape index (κ1) is 21.4. The van der Waals surface area contributed by atoms with E-state index in [1.807, 2.05) is 13.8 Å². The normalized spacial score (nSPS) is 14.3.